The van der Waals surface area contributed by atoms with E-state index in [1.807, 2.05) is 13.8 Å². The first-order valence-corrected chi connectivity index (χ1v) is 8.83. The van der Waals surface area contributed by atoms with Gasteiger partial charge in [-0.2, -0.15) is 0 Å². The van der Waals surface area contributed by atoms with E-state index in [0.29, 0.717) is 38.4 Å². The minimum atomic E-state index is -0.0830. The summed E-state index contributed by atoms with van der Waals surface area (Å²) in [4.78, 5) is 15.1. The van der Waals surface area contributed by atoms with Crippen LogP contribution in [0, 0.1) is 0 Å². The van der Waals surface area contributed by atoms with Crippen LogP contribution in [-0.4, -0.2) is 36.1 Å². The molecular weight excluding hydrogens is 365 g/mol. The Hall–Kier alpha value is -0.520. The van der Waals surface area contributed by atoms with E-state index in [1.54, 1.807) is 17.0 Å². The minimum absolute atomic E-state index is 0.0129. The van der Waals surface area contributed by atoms with Crippen LogP contribution in [0.4, 0.5) is 0 Å². The molecule has 0 aliphatic carbocycles. The summed E-state index contributed by atoms with van der Waals surface area (Å²) in [6.07, 6.45) is 0.0257. The molecule has 1 aliphatic rings. The SMILES string of the molecule is C[C@H]1CN(C(=O)c2sc3cc(Cl)cc(Cl)c3c2Cl)C[C@H](C)O1. The fourth-order valence-corrected chi connectivity index (χ4v) is 5.08. The molecule has 0 radical (unpaired) electrons. The number of thiophene rings is 1. The standard InChI is InChI=1S/C15H14Cl3NO2S/c1-7-5-19(6-8(2)21-7)15(20)14-13(18)12-10(17)3-9(16)4-11(12)22-14/h3-4,7-8H,5-6H2,1-2H3/t7-,8-/m0/s1. The van der Waals surface area contributed by atoms with E-state index in [-0.39, 0.29) is 18.1 Å². The molecule has 1 aromatic heterocycles. The van der Waals surface area contributed by atoms with Crippen molar-refractivity contribution in [3.63, 3.8) is 0 Å². The first kappa shape index (κ1) is 16.3. The number of ether oxygens (including phenoxy) is 1. The normalized spacial score (nSPS) is 22.3. The molecule has 3 nitrogen and oxygen atoms in total. The topological polar surface area (TPSA) is 29.5 Å². The van der Waals surface area contributed by atoms with Crippen molar-refractivity contribution in [2.24, 2.45) is 0 Å². The van der Waals surface area contributed by atoms with E-state index in [4.69, 9.17) is 39.5 Å². The first-order chi connectivity index (χ1) is 10.4. The zero-order chi connectivity index (χ0) is 16.0. The molecule has 1 aromatic carbocycles. The Labute approximate surface area is 147 Å². The number of carbonyl (C=O) groups excluding carboxylic acids is 1. The highest BCUT2D eigenvalue weighted by atomic mass is 35.5. The molecule has 1 fully saturated rings. The van der Waals surface area contributed by atoms with Crippen LogP contribution in [0.2, 0.25) is 15.1 Å². The van der Waals surface area contributed by atoms with E-state index in [2.05, 4.69) is 0 Å². The highest BCUT2D eigenvalue weighted by Gasteiger charge is 2.29. The van der Waals surface area contributed by atoms with Crippen LogP contribution in [0.5, 0.6) is 0 Å². The van der Waals surface area contributed by atoms with Gasteiger partial charge in [0.15, 0.2) is 0 Å². The molecule has 2 aromatic rings. The number of nitrogens with zero attached hydrogens (tertiary/aromatic N) is 1. The lowest BCUT2D eigenvalue weighted by molar-refractivity contribution is -0.0584. The Morgan fingerprint density at radius 1 is 1.23 bits per heavy atom. The number of rotatable bonds is 1. The number of hydrogen-bond acceptors (Lipinski definition) is 3. The molecule has 0 spiro atoms. The van der Waals surface area contributed by atoms with Crippen LogP contribution in [0.3, 0.4) is 0 Å². The molecule has 0 N–H and O–H groups in total. The van der Waals surface area contributed by atoms with Crippen molar-refractivity contribution < 1.29 is 9.53 Å². The Morgan fingerprint density at radius 3 is 2.50 bits per heavy atom. The zero-order valence-corrected chi connectivity index (χ0v) is 15.1. The summed E-state index contributed by atoms with van der Waals surface area (Å²) < 4.78 is 6.48. The van der Waals surface area contributed by atoms with E-state index in [1.165, 1.54) is 11.3 Å². The Balaban J connectivity index is 2.01. The fourth-order valence-electron chi connectivity index (χ4n) is 2.74. The van der Waals surface area contributed by atoms with Crippen LogP contribution >= 0.6 is 46.1 Å². The molecule has 1 amide bonds. The Kier molecular flexibility index (Phi) is 4.59. The number of carbonyl (C=O) groups is 1. The summed E-state index contributed by atoms with van der Waals surface area (Å²) in [5, 5.41) is 2.09. The summed E-state index contributed by atoms with van der Waals surface area (Å²) in [5.74, 6) is -0.0830. The predicted octanol–water partition coefficient (Wildman–Crippen LogP) is 5.11. The third-order valence-corrected chi connectivity index (χ3v) is 5.68. The number of halogens is 3. The van der Waals surface area contributed by atoms with Crippen LogP contribution in [-0.2, 0) is 4.74 Å². The molecule has 0 bridgehead atoms. The Morgan fingerprint density at radius 2 is 1.86 bits per heavy atom. The third kappa shape index (κ3) is 2.95. The van der Waals surface area contributed by atoms with Gasteiger partial charge in [0.25, 0.3) is 5.91 Å². The van der Waals surface area contributed by atoms with Gasteiger partial charge in [-0.3, -0.25) is 4.79 Å². The van der Waals surface area contributed by atoms with Crippen LogP contribution in [0.25, 0.3) is 10.1 Å². The minimum Gasteiger partial charge on any atom is -0.372 e. The molecule has 1 aliphatic heterocycles. The van der Waals surface area contributed by atoms with Crippen molar-refractivity contribution in [1.82, 2.24) is 4.90 Å². The summed E-state index contributed by atoms with van der Waals surface area (Å²) in [5.41, 5.74) is 0. The second-order valence-electron chi connectivity index (χ2n) is 5.47. The van der Waals surface area contributed by atoms with Gasteiger partial charge in [-0.25, -0.2) is 0 Å². The molecule has 3 rings (SSSR count). The predicted molar refractivity (Wildman–Crippen MR) is 92.8 cm³/mol. The van der Waals surface area contributed by atoms with Crippen LogP contribution < -0.4 is 0 Å². The van der Waals surface area contributed by atoms with Gasteiger partial charge in [-0.15, -0.1) is 11.3 Å². The van der Waals surface area contributed by atoms with Crippen molar-refractivity contribution >= 4 is 62.1 Å². The average Bonchev–Trinajstić information content (AvgIpc) is 2.73. The summed E-state index contributed by atoms with van der Waals surface area (Å²) in [7, 11) is 0. The van der Waals surface area contributed by atoms with Gasteiger partial charge in [0.1, 0.15) is 4.88 Å². The molecule has 2 atom stereocenters. The first-order valence-electron chi connectivity index (χ1n) is 6.88. The zero-order valence-electron chi connectivity index (χ0n) is 12.0. The molecule has 1 saturated heterocycles. The lowest BCUT2D eigenvalue weighted by Crippen LogP contribution is -2.48. The van der Waals surface area contributed by atoms with Gasteiger partial charge in [-0.1, -0.05) is 34.8 Å². The largest absolute Gasteiger partial charge is 0.372 e. The van der Waals surface area contributed by atoms with Gasteiger partial charge in [0.05, 0.1) is 22.3 Å². The van der Waals surface area contributed by atoms with Crippen molar-refractivity contribution in [2.45, 2.75) is 26.1 Å². The molecular formula is C15H14Cl3NO2S. The maximum atomic E-state index is 12.8. The smallest absolute Gasteiger partial charge is 0.265 e. The average molecular weight is 379 g/mol. The Bertz CT molecular complexity index is 736. The number of benzene rings is 1. The second kappa shape index (κ2) is 6.17. The molecule has 0 unspecified atom stereocenters. The molecule has 22 heavy (non-hydrogen) atoms. The van der Waals surface area contributed by atoms with E-state index in [9.17, 15) is 4.79 Å². The van der Waals surface area contributed by atoms with Crippen LogP contribution in [0.15, 0.2) is 12.1 Å². The molecule has 0 saturated carbocycles. The number of fused-ring (bicyclic) bond motifs is 1. The maximum Gasteiger partial charge on any atom is 0.265 e. The van der Waals surface area contributed by atoms with E-state index < -0.39 is 0 Å². The van der Waals surface area contributed by atoms with Crippen molar-refractivity contribution in [3.8, 4) is 0 Å². The fraction of sp³-hybridized carbons (Fsp3) is 0.400. The quantitative estimate of drug-likeness (QED) is 0.690. The summed E-state index contributed by atoms with van der Waals surface area (Å²) in [6.45, 7) is 5.03. The number of morpholine rings is 1. The summed E-state index contributed by atoms with van der Waals surface area (Å²) in [6, 6.07) is 3.41. The van der Waals surface area contributed by atoms with Gasteiger partial charge >= 0.3 is 0 Å². The highest BCUT2D eigenvalue weighted by Crippen LogP contribution is 2.41. The van der Waals surface area contributed by atoms with E-state index in [0.717, 1.165) is 4.70 Å². The number of amides is 1. The van der Waals surface area contributed by atoms with Gasteiger partial charge < -0.3 is 9.64 Å². The highest BCUT2D eigenvalue weighted by molar-refractivity contribution is 7.21. The third-order valence-electron chi connectivity index (χ3n) is 3.55. The molecule has 7 heteroatoms. The van der Waals surface area contributed by atoms with Crippen molar-refractivity contribution in [3.05, 3.63) is 32.1 Å². The maximum absolute atomic E-state index is 12.8. The number of hydrogen-bond donors (Lipinski definition) is 0. The monoisotopic (exact) mass is 377 g/mol. The lowest BCUT2D eigenvalue weighted by Gasteiger charge is -2.35. The van der Waals surface area contributed by atoms with Crippen molar-refractivity contribution in [2.75, 3.05) is 13.1 Å². The second-order valence-corrected chi connectivity index (χ2v) is 7.75. The molecule has 118 valence electrons. The van der Waals surface area contributed by atoms with Crippen molar-refractivity contribution in [1.29, 1.82) is 0 Å². The van der Waals surface area contributed by atoms with Crippen LogP contribution in [0.1, 0.15) is 23.5 Å². The lowest BCUT2D eigenvalue weighted by atomic mass is 10.2. The van der Waals surface area contributed by atoms with Gasteiger partial charge in [0.2, 0.25) is 0 Å². The molecule has 2 heterocycles. The van der Waals surface area contributed by atoms with E-state index >= 15 is 0 Å². The van der Waals surface area contributed by atoms with Gasteiger partial charge in [0, 0.05) is 28.2 Å². The van der Waals surface area contributed by atoms with Gasteiger partial charge in [-0.05, 0) is 26.0 Å². The summed E-state index contributed by atoms with van der Waals surface area (Å²) >= 11 is 20.0.